The summed E-state index contributed by atoms with van der Waals surface area (Å²) in [5.74, 6) is -0.553. The zero-order valence-corrected chi connectivity index (χ0v) is 7.71. The second kappa shape index (κ2) is 4.63. The van der Waals surface area contributed by atoms with Gasteiger partial charge in [0.05, 0.1) is 5.71 Å². The number of amides is 1. The number of aliphatic hydroxyl groups is 1. The van der Waals surface area contributed by atoms with Gasteiger partial charge in [0.2, 0.25) is 0 Å². The van der Waals surface area contributed by atoms with E-state index in [1.165, 1.54) is 11.5 Å². The van der Waals surface area contributed by atoms with Crippen LogP contribution in [0.15, 0.2) is 10.5 Å². The van der Waals surface area contributed by atoms with Crippen molar-refractivity contribution in [3.63, 3.8) is 0 Å². The summed E-state index contributed by atoms with van der Waals surface area (Å²) in [6.45, 7) is 1.11. The van der Waals surface area contributed by atoms with E-state index < -0.39 is 12.5 Å². The highest BCUT2D eigenvalue weighted by Crippen LogP contribution is 1.97. The van der Waals surface area contributed by atoms with Crippen LogP contribution in [0.3, 0.4) is 0 Å². The molecule has 1 aromatic rings. The van der Waals surface area contributed by atoms with Crippen molar-refractivity contribution < 1.29 is 9.90 Å². The van der Waals surface area contributed by atoms with Gasteiger partial charge in [-0.25, -0.2) is 5.43 Å². The van der Waals surface area contributed by atoms with Crippen molar-refractivity contribution in [2.75, 3.05) is 6.61 Å². The molecule has 0 fully saturated rings. The average molecular weight is 200 g/mol. The number of hydrogen-bond donors (Lipinski definition) is 2. The molecule has 0 saturated carbocycles. The monoisotopic (exact) mass is 200 g/mol. The lowest BCUT2D eigenvalue weighted by Gasteiger charge is -1.96. The maximum absolute atomic E-state index is 10.6. The van der Waals surface area contributed by atoms with Gasteiger partial charge < -0.3 is 5.11 Å². The standard InChI is InChI=1S/C6H8N4O2S/c1-4(5-3-13-10-8-5)7-9-6(12)2-11/h3,11H,2H2,1H3,(H,9,12)/b7-4+. The van der Waals surface area contributed by atoms with Gasteiger partial charge >= 0.3 is 0 Å². The number of nitrogens with zero attached hydrogens (tertiary/aromatic N) is 3. The third kappa shape index (κ3) is 2.88. The zero-order chi connectivity index (χ0) is 9.68. The van der Waals surface area contributed by atoms with Gasteiger partial charge in [0.1, 0.15) is 12.3 Å². The number of rotatable bonds is 3. The minimum Gasteiger partial charge on any atom is -0.386 e. The average Bonchev–Trinajstić information content (AvgIpc) is 2.66. The van der Waals surface area contributed by atoms with Gasteiger partial charge in [-0.1, -0.05) is 4.49 Å². The molecule has 13 heavy (non-hydrogen) atoms. The van der Waals surface area contributed by atoms with E-state index >= 15 is 0 Å². The molecule has 0 radical (unpaired) electrons. The normalized spacial score (nSPS) is 11.4. The van der Waals surface area contributed by atoms with E-state index in [4.69, 9.17) is 5.11 Å². The zero-order valence-electron chi connectivity index (χ0n) is 6.89. The van der Waals surface area contributed by atoms with E-state index in [0.29, 0.717) is 11.4 Å². The first-order valence-electron chi connectivity index (χ1n) is 3.45. The van der Waals surface area contributed by atoms with Crippen LogP contribution >= 0.6 is 11.5 Å². The van der Waals surface area contributed by atoms with Gasteiger partial charge in [-0.15, -0.1) is 5.10 Å². The Morgan fingerprint density at radius 3 is 3.15 bits per heavy atom. The third-order valence-electron chi connectivity index (χ3n) is 1.22. The van der Waals surface area contributed by atoms with Gasteiger partial charge in [0, 0.05) is 5.38 Å². The molecule has 7 heteroatoms. The highest BCUT2D eigenvalue weighted by molar-refractivity contribution is 7.03. The van der Waals surface area contributed by atoms with E-state index in [1.54, 1.807) is 12.3 Å². The number of carbonyl (C=O) groups is 1. The quantitative estimate of drug-likeness (QED) is 0.502. The van der Waals surface area contributed by atoms with Crippen LogP contribution in [0.5, 0.6) is 0 Å². The van der Waals surface area contributed by atoms with Crippen LogP contribution < -0.4 is 5.43 Å². The van der Waals surface area contributed by atoms with Crippen molar-refractivity contribution in [3.05, 3.63) is 11.1 Å². The van der Waals surface area contributed by atoms with E-state index in [2.05, 4.69) is 20.1 Å². The Bertz CT molecular complexity index is 308. The Balaban J connectivity index is 2.57. The van der Waals surface area contributed by atoms with Crippen molar-refractivity contribution in [2.45, 2.75) is 6.92 Å². The summed E-state index contributed by atoms with van der Waals surface area (Å²) in [6.07, 6.45) is 0. The molecular formula is C6H8N4O2S. The first-order valence-corrected chi connectivity index (χ1v) is 4.29. The lowest BCUT2D eigenvalue weighted by atomic mass is 10.3. The van der Waals surface area contributed by atoms with Crippen LogP contribution in [0.2, 0.25) is 0 Å². The highest BCUT2D eigenvalue weighted by atomic mass is 32.1. The topological polar surface area (TPSA) is 87.5 Å². The second-order valence-corrected chi connectivity index (χ2v) is 2.79. The minimum absolute atomic E-state index is 0.551. The molecule has 1 aromatic heterocycles. The summed E-state index contributed by atoms with van der Waals surface area (Å²) < 4.78 is 3.64. The van der Waals surface area contributed by atoms with Gasteiger partial charge in [0.15, 0.2) is 0 Å². The van der Waals surface area contributed by atoms with Crippen molar-refractivity contribution in [1.82, 2.24) is 15.0 Å². The molecule has 0 saturated heterocycles. The van der Waals surface area contributed by atoms with Crippen LogP contribution in [0.25, 0.3) is 0 Å². The maximum atomic E-state index is 10.6. The molecule has 1 heterocycles. The molecule has 0 aliphatic heterocycles. The summed E-state index contributed by atoms with van der Waals surface area (Å²) in [7, 11) is 0. The second-order valence-electron chi connectivity index (χ2n) is 2.18. The molecule has 1 rings (SSSR count). The minimum atomic E-state index is -0.577. The highest BCUT2D eigenvalue weighted by Gasteiger charge is 2.01. The lowest BCUT2D eigenvalue weighted by Crippen LogP contribution is -2.22. The number of aromatic nitrogens is 2. The Morgan fingerprint density at radius 1 is 1.85 bits per heavy atom. The van der Waals surface area contributed by atoms with Crippen LogP contribution in [-0.2, 0) is 4.79 Å². The van der Waals surface area contributed by atoms with E-state index in [-0.39, 0.29) is 0 Å². The molecule has 70 valence electrons. The van der Waals surface area contributed by atoms with Crippen LogP contribution in [0.4, 0.5) is 0 Å². The van der Waals surface area contributed by atoms with Crippen LogP contribution in [-0.4, -0.2) is 32.9 Å². The number of carbonyl (C=O) groups excluding carboxylic acids is 1. The van der Waals surface area contributed by atoms with Gasteiger partial charge in [-0.2, -0.15) is 5.10 Å². The first-order chi connectivity index (χ1) is 6.24. The van der Waals surface area contributed by atoms with Crippen LogP contribution in [0, 0.1) is 0 Å². The SMILES string of the molecule is C/C(=N\NC(=O)CO)c1csnn1. The summed E-state index contributed by atoms with van der Waals surface area (Å²) in [6, 6.07) is 0. The maximum Gasteiger partial charge on any atom is 0.265 e. The van der Waals surface area contributed by atoms with Crippen LogP contribution in [0.1, 0.15) is 12.6 Å². The number of aliphatic hydroxyl groups excluding tert-OH is 1. The fraction of sp³-hybridized carbons (Fsp3) is 0.333. The van der Waals surface area contributed by atoms with Gasteiger partial charge in [-0.05, 0) is 18.5 Å². The number of hydrazone groups is 1. The summed E-state index contributed by atoms with van der Waals surface area (Å²) >= 11 is 1.20. The summed E-state index contributed by atoms with van der Waals surface area (Å²) in [5, 5.41) is 17.5. The molecule has 0 bridgehead atoms. The molecule has 6 nitrogen and oxygen atoms in total. The summed E-state index contributed by atoms with van der Waals surface area (Å²) in [4.78, 5) is 10.6. The molecule has 0 spiro atoms. The Kier molecular flexibility index (Phi) is 3.47. The molecular weight excluding hydrogens is 192 g/mol. The van der Waals surface area contributed by atoms with Crippen molar-refractivity contribution in [3.8, 4) is 0 Å². The lowest BCUT2D eigenvalue weighted by molar-refractivity contribution is -0.123. The van der Waals surface area contributed by atoms with E-state index in [1.807, 2.05) is 0 Å². The Morgan fingerprint density at radius 2 is 2.62 bits per heavy atom. The van der Waals surface area contributed by atoms with Gasteiger partial charge in [0.25, 0.3) is 5.91 Å². The molecule has 0 aliphatic rings. The fourth-order valence-electron chi connectivity index (χ4n) is 0.561. The molecule has 2 N–H and O–H groups in total. The van der Waals surface area contributed by atoms with Gasteiger partial charge in [-0.3, -0.25) is 4.79 Å². The Labute approximate surface area is 78.5 Å². The van der Waals surface area contributed by atoms with Crippen molar-refractivity contribution in [1.29, 1.82) is 0 Å². The first kappa shape index (κ1) is 9.75. The molecule has 1 amide bonds. The molecule has 0 aromatic carbocycles. The summed E-state index contributed by atoms with van der Waals surface area (Å²) in [5.41, 5.74) is 3.32. The smallest absolute Gasteiger partial charge is 0.265 e. The molecule has 0 atom stereocenters. The van der Waals surface area contributed by atoms with Crippen molar-refractivity contribution >= 4 is 23.2 Å². The predicted molar refractivity (Wildman–Crippen MR) is 47.3 cm³/mol. The Hall–Kier alpha value is -1.34. The number of hydrogen-bond acceptors (Lipinski definition) is 6. The number of nitrogens with one attached hydrogen (secondary N) is 1. The molecule has 0 unspecified atom stereocenters. The van der Waals surface area contributed by atoms with E-state index in [0.717, 1.165) is 0 Å². The largest absolute Gasteiger partial charge is 0.386 e. The predicted octanol–water partition coefficient (Wildman–Crippen LogP) is -0.629. The third-order valence-corrected chi connectivity index (χ3v) is 1.73. The molecule has 0 aliphatic carbocycles. The van der Waals surface area contributed by atoms with E-state index in [9.17, 15) is 4.79 Å². The fourth-order valence-corrected chi connectivity index (χ4v) is 1.06. The van der Waals surface area contributed by atoms with Crippen molar-refractivity contribution in [2.24, 2.45) is 5.10 Å².